The summed E-state index contributed by atoms with van der Waals surface area (Å²) in [5.41, 5.74) is 1.22. The van der Waals surface area contributed by atoms with Gasteiger partial charge in [0, 0.05) is 30.2 Å². The van der Waals surface area contributed by atoms with E-state index in [1.807, 2.05) is 12.1 Å². The first-order chi connectivity index (χ1) is 12.7. The van der Waals surface area contributed by atoms with Crippen molar-refractivity contribution in [1.29, 1.82) is 5.26 Å². The number of fused-ring (bicyclic) bond motifs is 2. The highest BCUT2D eigenvalue weighted by Gasteiger charge is 2.33. The molecule has 2 bridgehead atoms. The lowest BCUT2D eigenvalue weighted by Gasteiger charge is -2.30. The Morgan fingerprint density at radius 1 is 1.23 bits per heavy atom. The van der Waals surface area contributed by atoms with Gasteiger partial charge in [-0.15, -0.1) is 0 Å². The molecule has 1 unspecified atom stereocenters. The van der Waals surface area contributed by atoms with Crippen molar-refractivity contribution in [3.8, 4) is 11.8 Å². The van der Waals surface area contributed by atoms with Crippen LogP contribution in [0.4, 0.5) is 11.8 Å². The summed E-state index contributed by atoms with van der Waals surface area (Å²) >= 11 is 0. The molecule has 1 aromatic heterocycles. The number of nitrogens with one attached hydrogen (secondary N) is 3. The molecule has 0 amide bonds. The maximum Gasteiger partial charge on any atom is 0.224 e. The van der Waals surface area contributed by atoms with E-state index in [2.05, 4.69) is 32.0 Å². The van der Waals surface area contributed by atoms with E-state index in [1.54, 1.807) is 12.1 Å². The quantitative estimate of drug-likeness (QED) is 0.656. The van der Waals surface area contributed by atoms with E-state index in [0.29, 0.717) is 42.0 Å². The van der Waals surface area contributed by atoms with Gasteiger partial charge in [-0.1, -0.05) is 18.2 Å². The normalized spacial score (nSPS) is 24.0. The Hall–Kier alpha value is -2.85. The van der Waals surface area contributed by atoms with Gasteiger partial charge in [-0.05, 0) is 31.7 Å². The van der Waals surface area contributed by atoms with Gasteiger partial charge in [-0.25, -0.2) is 4.98 Å². The molecule has 4 rings (SSSR count). The average Bonchev–Trinajstić information content (AvgIpc) is 2.99. The largest absolute Gasteiger partial charge is 0.508 e. The number of piperidine rings is 1. The zero-order valence-corrected chi connectivity index (χ0v) is 14.4. The van der Waals surface area contributed by atoms with Gasteiger partial charge in [0.25, 0.3) is 0 Å². The van der Waals surface area contributed by atoms with Crippen LogP contribution in [0.25, 0.3) is 0 Å². The molecule has 26 heavy (non-hydrogen) atoms. The van der Waals surface area contributed by atoms with Crippen molar-refractivity contribution in [2.75, 3.05) is 10.6 Å². The molecule has 1 aromatic carbocycles. The minimum absolute atomic E-state index is 0.233. The molecule has 2 aromatic rings. The molecule has 4 N–H and O–H groups in total. The molecule has 0 radical (unpaired) electrons. The van der Waals surface area contributed by atoms with Gasteiger partial charge in [0.2, 0.25) is 5.95 Å². The second-order valence-electron chi connectivity index (χ2n) is 7.00. The minimum Gasteiger partial charge on any atom is -0.508 e. The van der Waals surface area contributed by atoms with Crippen molar-refractivity contribution in [2.45, 2.75) is 50.4 Å². The Kier molecular flexibility index (Phi) is 4.59. The van der Waals surface area contributed by atoms with Crippen LogP contribution in [0.2, 0.25) is 0 Å². The lowest BCUT2D eigenvalue weighted by molar-refractivity contribution is 0.377. The molecule has 7 nitrogen and oxygen atoms in total. The summed E-state index contributed by atoms with van der Waals surface area (Å²) in [7, 11) is 0. The van der Waals surface area contributed by atoms with Crippen LogP contribution in [0.1, 0.15) is 36.8 Å². The first-order valence-electron chi connectivity index (χ1n) is 9.01. The monoisotopic (exact) mass is 350 g/mol. The number of anilines is 2. The summed E-state index contributed by atoms with van der Waals surface area (Å²) in [4.78, 5) is 8.71. The van der Waals surface area contributed by atoms with Crippen LogP contribution in [0.3, 0.4) is 0 Å². The number of aromatic nitrogens is 2. The topological polar surface area (TPSA) is 106 Å². The van der Waals surface area contributed by atoms with E-state index in [1.165, 1.54) is 19.0 Å². The summed E-state index contributed by atoms with van der Waals surface area (Å²) < 4.78 is 0. The van der Waals surface area contributed by atoms with Crippen molar-refractivity contribution >= 4 is 11.8 Å². The van der Waals surface area contributed by atoms with Crippen molar-refractivity contribution in [1.82, 2.24) is 15.3 Å². The molecule has 0 spiro atoms. The maximum absolute atomic E-state index is 9.86. The Bertz CT molecular complexity index is 821. The highest BCUT2D eigenvalue weighted by atomic mass is 16.3. The van der Waals surface area contributed by atoms with Crippen LogP contribution in [0, 0.1) is 11.3 Å². The van der Waals surface area contributed by atoms with Crippen LogP contribution < -0.4 is 16.0 Å². The van der Waals surface area contributed by atoms with Gasteiger partial charge >= 0.3 is 0 Å². The first-order valence-corrected chi connectivity index (χ1v) is 9.01. The van der Waals surface area contributed by atoms with E-state index >= 15 is 0 Å². The van der Waals surface area contributed by atoms with E-state index in [0.717, 1.165) is 18.4 Å². The lowest BCUT2D eigenvalue weighted by Crippen LogP contribution is -2.43. The highest BCUT2D eigenvalue weighted by molar-refractivity contribution is 5.54. The highest BCUT2D eigenvalue weighted by Crippen LogP contribution is 2.29. The van der Waals surface area contributed by atoms with Crippen molar-refractivity contribution in [3.63, 3.8) is 0 Å². The fraction of sp³-hybridized carbons (Fsp3) is 0.421. The summed E-state index contributed by atoms with van der Waals surface area (Å²) in [5, 5.41) is 29.4. The van der Waals surface area contributed by atoms with Gasteiger partial charge in [-0.2, -0.15) is 10.2 Å². The Balaban J connectivity index is 1.47. The van der Waals surface area contributed by atoms with Gasteiger partial charge in [0.15, 0.2) is 0 Å². The van der Waals surface area contributed by atoms with Gasteiger partial charge in [0.1, 0.15) is 23.2 Å². The third-order valence-electron chi connectivity index (χ3n) is 5.15. The summed E-state index contributed by atoms with van der Waals surface area (Å²) in [6.07, 6.45) is 6.09. The molecule has 3 atom stereocenters. The number of phenolic OH excluding ortho intramolecular Hbond substituents is 1. The lowest BCUT2D eigenvalue weighted by atomic mass is 10.00. The van der Waals surface area contributed by atoms with Crippen LogP contribution in [0.15, 0.2) is 30.5 Å². The van der Waals surface area contributed by atoms with Crippen molar-refractivity contribution in [2.24, 2.45) is 0 Å². The van der Waals surface area contributed by atoms with Crippen LogP contribution in [-0.4, -0.2) is 33.2 Å². The molecular weight excluding hydrogens is 328 g/mol. The Morgan fingerprint density at radius 3 is 2.73 bits per heavy atom. The zero-order chi connectivity index (χ0) is 17.9. The predicted octanol–water partition coefficient (Wildman–Crippen LogP) is 2.36. The van der Waals surface area contributed by atoms with Gasteiger partial charge in [0.05, 0.1) is 6.20 Å². The fourth-order valence-electron chi connectivity index (χ4n) is 3.86. The fourth-order valence-corrected chi connectivity index (χ4v) is 3.86. The van der Waals surface area contributed by atoms with Gasteiger partial charge in [-0.3, -0.25) is 0 Å². The molecule has 7 heteroatoms. The SMILES string of the molecule is N#Cc1cnc(NCc2ccccc2O)nc1NC1C[C@H]2CC[C@@H](C1)N2. The molecule has 2 aliphatic heterocycles. The van der Waals surface area contributed by atoms with E-state index < -0.39 is 0 Å². The minimum atomic E-state index is 0.233. The number of hydrogen-bond acceptors (Lipinski definition) is 7. The molecule has 2 aliphatic rings. The molecule has 0 saturated carbocycles. The molecule has 2 saturated heterocycles. The standard InChI is InChI=1S/C19H22N6O/c20-9-13-11-22-19(21-10-12-3-1-2-4-17(12)26)25-18(13)24-16-7-14-5-6-15(8-16)23-14/h1-4,11,14-16,23,26H,5-8,10H2,(H2,21,22,24,25)/t14-,15+,16?. The van der Waals surface area contributed by atoms with Crippen molar-refractivity contribution < 1.29 is 5.11 Å². The first kappa shape index (κ1) is 16.6. The predicted molar refractivity (Wildman–Crippen MR) is 98.8 cm³/mol. The number of rotatable bonds is 5. The number of nitrogens with zero attached hydrogens (tertiary/aromatic N) is 3. The molecule has 134 valence electrons. The van der Waals surface area contributed by atoms with Gasteiger partial charge < -0.3 is 21.1 Å². The van der Waals surface area contributed by atoms with Crippen LogP contribution in [0.5, 0.6) is 5.75 Å². The molecule has 0 aliphatic carbocycles. The third-order valence-corrected chi connectivity index (χ3v) is 5.15. The molecule has 3 heterocycles. The van der Waals surface area contributed by atoms with Crippen LogP contribution >= 0.6 is 0 Å². The average molecular weight is 350 g/mol. The van der Waals surface area contributed by atoms with Crippen LogP contribution in [-0.2, 0) is 6.54 Å². The number of nitriles is 1. The second kappa shape index (κ2) is 7.18. The summed E-state index contributed by atoms with van der Waals surface area (Å²) in [5.74, 6) is 1.25. The number of benzene rings is 1. The summed E-state index contributed by atoms with van der Waals surface area (Å²) in [6, 6.07) is 10.8. The zero-order valence-electron chi connectivity index (χ0n) is 14.4. The van der Waals surface area contributed by atoms with E-state index in [9.17, 15) is 10.4 Å². The Labute approximate surface area is 152 Å². The number of phenols is 1. The molecular formula is C19H22N6O. The number of para-hydroxylation sites is 1. The number of aromatic hydroxyl groups is 1. The number of hydrogen-bond donors (Lipinski definition) is 4. The maximum atomic E-state index is 9.86. The van der Waals surface area contributed by atoms with E-state index in [4.69, 9.17) is 0 Å². The smallest absolute Gasteiger partial charge is 0.224 e. The molecule has 2 fully saturated rings. The Morgan fingerprint density at radius 2 is 2.00 bits per heavy atom. The second-order valence-corrected chi connectivity index (χ2v) is 7.00. The van der Waals surface area contributed by atoms with Crippen molar-refractivity contribution in [3.05, 3.63) is 41.6 Å². The summed E-state index contributed by atoms with van der Waals surface area (Å²) in [6.45, 7) is 0.412. The third kappa shape index (κ3) is 3.55. The van der Waals surface area contributed by atoms with E-state index in [-0.39, 0.29) is 5.75 Å².